The maximum Gasteiger partial charge on any atom is 0.217 e. The van der Waals surface area contributed by atoms with E-state index in [2.05, 4.69) is 11.8 Å². The van der Waals surface area contributed by atoms with Gasteiger partial charge >= 0.3 is 0 Å². The third kappa shape index (κ3) is 2.54. The van der Waals surface area contributed by atoms with Gasteiger partial charge in [-0.25, -0.2) is 6.57 Å². The molecule has 1 fully saturated rings. The van der Waals surface area contributed by atoms with Crippen LogP contribution < -0.4 is 0 Å². The van der Waals surface area contributed by atoms with Gasteiger partial charge in [0.15, 0.2) is 0 Å². The Labute approximate surface area is 69.6 Å². The number of nitrogens with zero attached hydrogens (tertiary/aromatic N) is 1. The summed E-state index contributed by atoms with van der Waals surface area (Å²) >= 11 is 0. The molecule has 0 aromatic carbocycles. The molecule has 0 aromatic rings. The van der Waals surface area contributed by atoms with Crippen LogP contribution in [0.15, 0.2) is 0 Å². The van der Waals surface area contributed by atoms with Crippen molar-refractivity contribution < 1.29 is 0 Å². The summed E-state index contributed by atoms with van der Waals surface area (Å²) in [4.78, 5) is 3.46. The molecule has 0 unspecified atom stereocenters. The molecular formula is C10H17N. The number of hydrogen-bond acceptors (Lipinski definition) is 0. The van der Waals surface area contributed by atoms with Gasteiger partial charge in [-0.1, -0.05) is 13.3 Å². The van der Waals surface area contributed by atoms with E-state index in [4.69, 9.17) is 6.57 Å². The average Bonchev–Trinajstić information content (AvgIpc) is 2.07. The van der Waals surface area contributed by atoms with E-state index in [1.807, 2.05) is 0 Å². The zero-order valence-corrected chi connectivity index (χ0v) is 7.34. The molecule has 0 amide bonds. The molecule has 62 valence electrons. The van der Waals surface area contributed by atoms with E-state index in [-0.39, 0.29) is 0 Å². The first kappa shape index (κ1) is 8.59. The SMILES string of the molecule is [C-]#[N+]CC1CCC(CC)CC1. The summed E-state index contributed by atoms with van der Waals surface area (Å²) < 4.78 is 0. The van der Waals surface area contributed by atoms with Crippen LogP contribution in [0.3, 0.4) is 0 Å². The third-order valence-corrected chi connectivity index (χ3v) is 2.89. The second-order valence-electron chi connectivity index (χ2n) is 3.64. The Morgan fingerprint density at radius 1 is 1.18 bits per heavy atom. The van der Waals surface area contributed by atoms with Crippen molar-refractivity contribution in [3.8, 4) is 0 Å². The molecule has 1 rings (SSSR count). The minimum Gasteiger partial charge on any atom is -0.317 e. The maximum atomic E-state index is 6.76. The molecule has 1 heteroatoms. The Kier molecular flexibility index (Phi) is 3.42. The van der Waals surface area contributed by atoms with E-state index >= 15 is 0 Å². The molecule has 0 heterocycles. The predicted molar refractivity (Wildman–Crippen MR) is 47.2 cm³/mol. The summed E-state index contributed by atoms with van der Waals surface area (Å²) in [5, 5.41) is 0. The Hall–Kier alpha value is -0.510. The maximum absolute atomic E-state index is 6.76. The second-order valence-corrected chi connectivity index (χ2v) is 3.64. The van der Waals surface area contributed by atoms with Crippen molar-refractivity contribution >= 4 is 0 Å². The summed E-state index contributed by atoms with van der Waals surface area (Å²) in [6.07, 6.45) is 6.69. The van der Waals surface area contributed by atoms with Crippen LogP contribution in [0, 0.1) is 18.4 Å². The predicted octanol–water partition coefficient (Wildman–Crippen LogP) is 3.12. The largest absolute Gasteiger partial charge is 0.317 e. The fraction of sp³-hybridized carbons (Fsp3) is 0.900. The lowest BCUT2D eigenvalue weighted by molar-refractivity contribution is 0.281. The highest BCUT2D eigenvalue weighted by atomic mass is 14.6. The fourth-order valence-electron chi connectivity index (χ4n) is 1.95. The minimum absolute atomic E-state index is 0.732. The van der Waals surface area contributed by atoms with Crippen LogP contribution in [0.1, 0.15) is 39.0 Å². The lowest BCUT2D eigenvalue weighted by Gasteiger charge is -2.24. The van der Waals surface area contributed by atoms with Gasteiger partial charge in [0.2, 0.25) is 6.54 Å². The van der Waals surface area contributed by atoms with Gasteiger partial charge in [0.25, 0.3) is 0 Å². The zero-order valence-electron chi connectivity index (χ0n) is 7.34. The van der Waals surface area contributed by atoms with Crippen molar-refractivity contribution in [3.63, 3.8) is 0 Å². The van der Waals surface area contributed by atoms with Crippen molar-refractivity contribution in [2.24, 2.45) is 11.8 Å². The summed E-state index contributed by atoms with van der Waals surface area (Å²) in [6, 6.07) is 0. The first-order chi connectivity index (χ1) is 5.36. The van der Waals surface area contributed by atoms with Gasteiger partial charge in [-0.05, 0) is 31.6 Å². The highest BCUT2D eigenvalue weighted by molar-refractivity contribution is 4.76. The van der Waals surface area contributed by atoms with Crippen molar-refractivity contribution in [2.45, 2.75) is 39.0 Å². The van der Waals surface area contributed by atoms with Crippen molar-refractivity contribution in [2.75, 3.05) is 6.54 Å². The van der Waals surface area contributed by atoms with E-state index in [1.54, 1.807) is 0 Å². The molecule has 0 spiro atoms. The number of hydrogen-bond donors (Lipinski definition) is 0. The molecule has 0 aliphatic heterocycles. The Balaban J connectivity index is 2.20. The van der Waals surface area contributed by atoms with Crippen LogP contribution in [0.25, 0.3) is 4.85 Å². The molecule has 1 nitrogen and oxygen atoms in total. The quantitative estimate of drug-likeness (QED) is 0.534. The number of rotatable bonds is 2. The van der Waals surface area contributed by atoms with Crippen LogP contribution in [-0.2, 0) is 0 Å². The molecule has 0 N–H and O–H groups in total. The van der Waals surface area contributed by atoms with Crippen molar-refractivity contribution in [1.82, 2.24) is 0 Å². The highest BCUT2D eigenvalue weighted by Gasteiger charge is 2.21. The van der Waals surface area contributed by atoms with Crippen LogP contribution in [0.5, 0.6) is 0 Å². The van der Waals surface area contributed by atoms with Crippen LogP contribution in [0.4, 0.5) is 0 Å². The van der Waals surface area contributed by atoms with Gasteiger partial charge in [-0.3, -0.25) is 0 Å². The highest BCUT2D eigenvalue weighted by Crippen LogP contribution is 2.30. The normalized spacial score (nSPS) is 31.3. The lowest BCUT2D eigenvalue weighted by Crippen LogP contribution is -2.15. The Morgan fingerprint density at radius 3 is 2.18 bits per heavy atom. The average molecular weight is 151 g/mol. The van der Waals surface area contributed by atoms with E-state index in [0.29, 0.717) is 0 Å². The van der Waals surface area contributed by atoms with Crippen molar-refractivity contribution in [3.05, 3.63) is 11.4 Å². The van der Waals surface area contributed by atoms with Crippen LogP contribution >= 0.6 is 0 Å². The second kappa shape index (κ2) is 4.38. The molecule has 0 aromatic heterocycles. The molecule has 1 aliphatic rings. The molecule has 0 radical (unpaired) electrons. The molecule has 0 atom stereocenters. The smallest absolute Gasteiger partial charge is 0.217 e. The Bertz CT molecular complexity index is 137. The van der Waals surface area contributed by atoms with Crippen LogP contribution in [0.2, 0.25) is 0 Å². The standard InChI is InChI=1S/C10H17N/c1-3-9-4-6-10(7-5-9)8-11-2/h9-10H,3-8H2,1H3. The first-order valence-corrected chi connectivity index (χ1v) is 4.70. The van der Waals surface area contributed by atoms with E-state index in [9.17, 15) is 0 Å². The van der Waals surface area contributed by atoms with E-state index < -0.39 is 0 Å². The Morgan fingerprint density at radius 2 is 1.73 bits per heavy atom. The monoisotopic (exact) mass is 151 g/mol. The molecule has 11 heavy (non-hydrogen) atoms. The van der Waals surface area contributed by atoms with Gasteiger partial charge in [-0.15, -0.1) is 0 Å². The molecule has 0 saturated heterocycles. The lowest BCUT2D eigenvalue weighted by atomic mass is 9.81. The third-order valence-electron chi connectivity index (χ3n) is 2.89. The topological polar surface area (TPSA) is 4.36 Å². The van der Waals surface area contributed by atoms with Gasteiger partial charge in [0.05, 0.1) is 0 Å². The van der Waals surface area contributed by atoms with Crippen molar-refractivity contribution in [1.29, 1.82) is 0 Å². The summed E-state index contributed by atoms with van der Waals surface area (Å²) in [5.41, 5.74) is 0. The van der Waals surface area contributed by atoms with Gasteiger partial charge in [0, 0.05) is 5.92 Å². The van der Waals surface area contributed by atoms with Crippen LogP contribution in [-0.4, -0.2) is 6.54 Å². The molecule has 1 saturated carbocycles. The van der Waals surface area contributed by atoms with Gasteiger partial charge in [-0.2, -0.15) is 0 Å². The summed E-state index contributed by atoms with van der Waals surface area (Å²) in [6.45, 7) is 9.81. The molecule has 1 aliphatic carbocycles. The summed E-state index contributed by atoms with van der Waals surface area (Å²) in [7, 11) is 0. The molecule has 0 bridgehead atoms. The zero-order chi connectivity index (χ0) is 8.10. The fourth-order valence-corrected chi connectivity index (χ4v) is 1.95. The van der Waals surface area contributed by atoms with E-state index in [1.165, 1.54) is 32.1 Å². The van der Waals surface area contributed by atoms with Gasteiger partial charge < -0.3 is 4.85 Å². The minimum atomic E-state index is 0.732. The van der Waals surface area contributed by atoms with Gasteiger partial charge in [0.1, 0.15) is 0 Å². The summed E-state index contributed by atoms with van der Waals surface area (Å²) in [5.74, 6) is 1.70. The van der Waals surface area contributed by atoms with E-state index in [0.717, 1.165) is 18.4 Å². The first-order valence-electron chi connectivity index (χ1n) is 4.70. The molecular weight excluding hydrogens is 134 g/mol.